The van der Waals surface area contributed by atoms with E-state index in [1.54, 1.807) is 6.08 Å². The van der Waals surface area contributed by atoms with E-state index in [1.165, 1.54) is 0 Å². The molecule has 3 rings (SSSR count). The molecule has 2 heterocycles. The number of hydrogen-bond acceptors (Lipinski definition) is 3. The Morgan fingerprint density at radius 2 is 2.37 bits per heavy atom. The van der Waals surface area contributed by atoms with Gasteiger partial charge in [0.1, 0.15) is 17.9 Å². The minimum atomic E-state index is -0.128. The molecule has 1 aliphatic rings. The molecule has 19 heavy (non-hydrogen) atoms. The monoisotopic (exact) mass is 257 g/mol. The van der Waals surface area contributed by atoms with Crippen LogP contribution in [0.2, 0.25) is 0 Å². The number of rotatable bonds is 3. The maximum absolute atomic E-state index is 11.9. The van der Waals surface area contributed by atoms with Gasteiger partial charge < -0.3 is 14.5 Å². The van der Waals surface area contributed by atoms with Gasteiger partial charge in [0.2, 0.25) is 0 Å². The van der Waals surface area contributed by atoms with Gasteiger partial charge in [-0.2, -0.15) is 0 Å². The van der Waals surface area contributed by atoms with Crippen molar-refractivity contribution < 1.29 is 13.9 Å². The molecule has 0 aliphatic carbocycles. The van der Waals surface area contributed by atoms with Gasteiger partial charge >= 0.3 is 0 Å². The van der Waals surface area contributed by atoms with E-state index in [0.29, 0.717) is 18.9 Å². The highest BCUT2D eigenvalue weighted by Gasteiger charge is 2.22. The third kappa shape index (κ3) is 2.10. The first-order valence-corrected chi connectivity index (χ1v) is 6.37. The van der Waals surface area contributed by atoms with Crippen molar-refractivity contribution in [1.29, 1.82) is 0 Å². The lowest BCUT2D eigenvalue weighted by Crippen LogP contribution is -2.22. The van der Waals surface area contributed by atoms with E-state index in [0.717, 1.165) is 35.1 Å². The number of amides is 1. The topological polar surface area (TPSA) is 51.5 Å². The van der Waals surface area contributed by atoms with Crippen LogP contribution < -0.4 is 10.1 Å². The fraction of sp³-hybridized carbons (Fsp3) is 0.267. The minimum Gasteiger partial charge on any atom is -0.490 e. The Morgan fingerprint density at radius 1 is 1.47 bits per heavy atom. The van der Waals surface area contributed by atoms with E-state index in [-0.39, 0.29) is 5.91 Å². The van der Waals surface area contributed by atoms with Crippen molar-refractivity contribution in [2.75, 3.05) is 13.2 Å². The minimum absolute atomic E-state index is 0.128. The van der Waals surface area contributed by atoms with E-state index in [4.69, 9.17) is 9.15 Å². The first kappa shape index (κ1) is 11.8. The normalized spacial score (nSPS) is 14.6. The lowest BCUT2D eigenvalue weighted by molar-refractivity contribution is 0.0931. The largest absolute Gasteiger partial charge is 0.490 e. The highest BCUT2D eigenvalue weighted by atomic mass is 16.5. The summed E-state index contributed by atoms with van der Waals surface area (Å²) in [6.07, 6.45) is 3.46. The Balaban J connectivity index is 2.08. The molecule has 0 unspecified atom stereocenters. The summed E-state index contributed by atoms with van der Waals surface area (Å²) in [7, 11) is 0. The van der Waals surface area contributed by atoms with Crippen LogP contribution in [0, 0.1) is 0 Å². The molecule has 0 spiro atoms. The van der Waals surface area contributed by atoms with Gasteiger partial charge in [0.05, 0.1) is 0 Å². The summed E-state index contributed by atoms with van der Waals surface area (Å²) in [6.45, 7) is 4.78. The Kier molecular flexibility index (Phi) is 2.99. The Morgan fingerprint density at radius 3 is 3.21 bits per heavy atom. The molecule has 1 aromatic carbocycles. The van der Waals surface area contributed by atoms with Gasteiger partial charge in [-0.1, -0.05) is 12.7 Å². The van der Waals surface area contributed by atoms with Gasteiger partial charge in [0, 0.05) is 17.5 Å². The van der Waals surface area contributed by atoms with Crippen LogP contribution >= 0.6 is 0 Å². The Bertz CT molecular complexity index is 642. The molecule has 0 radical (unpaired) electrons. The van der Waals surface area contributed by atoms with Crippen molar-refractivity contribution >= 4 is 16.9 Å². The smallest absolute Gasteiger partial charge is 0.287 e. The molecule has 0 saturated carbocycles. The maximum Gasteiger partial charge on any atom is 0.287 e. The second-order valence-electron chi connectivity index (χ2n) is 4.53. The maximum atomic E-state index is 11.9. The van der Waals surface area contributed by atoms with Crippen LogP contribution in [0.1, 0.15) is 22.5 Å². The molecule has 0 saturated heterocycles. The molecule has 1 aromatic heterocycles. The number of furan rings is 1. The molecule has 0 fully saturated rings. The number of hydrogen-bond donors (Lipinski definition) is 1. The number of fused-ring (bicyclic) bond motifs is 3. The number of ether oxygens (including phenoxy) is 1. The van der Waals surface area contributed by atoms with Crippen LogP contribution in [0.25, 0.3) is 11.0 Å². The summed E-state index contributed by atoms with van der Waals surface area (Å²) >= 11 is 0. The molecule has 98 valence electrons. The van der Waals surface area contributed by atoms with Gasteiger partial charge in [-0.3, -0.25) is 4.79 Å². The summed E-state index contributed by atoms with van der Waals surface area (Å²) in [5.74, 6) is 1.08. The summed E-state index contributed by atoms with van der Waals surface area (Å²) in [4.78, 5) is 11.9. The number of carbonyl (C=O) groups is 1. The van der Waals surface area contributed by atoms with Crippen molar-refractivity contribution in [3.8, 4) is 5.75 Å². The van der Waals surface area contributed by atoms with Crippen molar-refractivity contribution in [3.05, 3.63) is 42.2 Å². The van der Waals surface area contributed by atoms with Crippen molar-refractivity contribution in [2.24, 2.45) is 0 Å². The first-order valence-electron chi connectivity index (χ1n) is 6.37. The number of nitrogens with one attached hydrogen (secondary N) is 1. The van der Waals surface area contributed by atoms with Gasteiger partial charge in [-0.25, -0.2) is 0 Å². The highest BCUT2D eigenvalue weighted by Crippen LogP contribution is 2.31. The summed E-state index contributed by atoms with van der Waals surface area (Å²) in [6, 6.07) is 5.61. The van der Waals surface area contributed by atoms with E-state index in [1.807, 2.05) is 18.2 Å². The molecule has 4 nitrogen and oxygen atoms in total. The zero-order valence-electron chi connectivity index (χ0n) is 10.6. The second kappa shape index (κ2) is 4.80. The van der Waals surface area contributed by atoms with Gasteiger partial charge in [-0.05, 0) is 31.0 Å². The summed E-state index contributed by atoms with van der Waals surface area (Å²) in [5, 5.41) is 3.80. The number of benzene rings is 1. The fourth-order valence-corrected chi connectivity index (χ4v) is 2.35. The third-order valence-electron chi connectivity index (χ3n) is 3.23. The van der Waals surface area contributed by atoms with Crippen LogP contribution in [0.15, 0.2) is 35.3 Å². The predicted octanol–water partition coefficient (Wildman–Crippen LogP) is 2.67. The molecular formula is C15H15NO3. The van der Waals surface area contributed by atoms with Gasteiger partial charge in [0.25, 0.3) is 5.91 Å². The predicted molar refractivity (Wildman–Crippen MR) is 72.6 cm³/mol. The van der Waals surface area contributed by atoms with Crippen LogP contribution in [-0.4, -0.2) is 19.1 Å². The molecular weight excluding hydrogens is 242 g/mol. The van der Waals surface area contributed by atoms with E-state index >= 15 is 0 Å². The van der Waals surface area contributed by atoms with Crippen LogP contribution in [0.3, 0.4) is 0 Å². The quantitative estimate of drug-likeness (QED) is 0.860. The molecule has 1 amide bonds. The SMILES string of the molecule is C=CCOc1ccc2oc3c(c2c1)CCCNC3=O. The Hall–Kier alpha value is -2.23. The van der Waals surface area contributed by atoms with Crippen molar-refractivity contribution in [2.45, 2.75) is 12.8 Å². The van der Waals surface area contributed by atoms with Crippen LogP contribution in [0.5, 0.6) is 5.75 Å². The van der Waals surface area contributed by atoms with E-state index in [9.17, 15) is 4.79 Å². The van der Waals surface area contributed by atoms with E-state index in [2.05, 4.69) is 11.9 Å². The van der Waals surface area contributed by atoms with E-state index < -0.39 is 0 Å². The molecule has 4 heteroatoms. The average molecular weight is 257 g/mol. The molecule has 0 atom stereocenters. The average Bonchev–Trinajstić information content (AvgIpc) is 2.69. The number of carbonyl (C=O) groups excluding carboxylic acids is 1. The molecule has 1 aliphatic heterocycles. The zero-order chi connectivity index (χ0) is 13.2. The number of aryl methyl sites for hydroxylation is 1. The third-order valence-corrected chi connectivity index (χ3v) is 3.23. The van der Waals surface area contributed by atoms with Gasteiger partial charge in [0.15, 0.2) is 5.76 Å². The lowest BCUT2D eigenvalue weighted by atomic mass is 10.1. The Labute approximate surface area is 111 Å². The standard InChI is InChI=1S/C15H15NO3/c1-2-8-18-10-5-6-13-12(9-10)11-4-3-7-16-15(17)14(11)19-13/h2,5-6,9H,1,3-4,7-8H2,(H,16,17). The summed E-state index contributed by atoms with van der Waals surface area (Å²) in [5.41, 5.74) is 1.71. The van der Waals surface area contributed by atoms with Gasteiger partial charge in [-0.15, -0.1) is 0 Å². The second-order valence-corrected chi connectivity index (χ2v) is 4.53. The van der Waals surface area contributed by atoms with Crippen LogP contribution in [-0.2, 0) is 6.42 Å². The van der Waals surface area contributed by atoms with Crippen LogP contribution in [0.4, 0.5) is 0 Å². The highest BCUT2D eigenvalue weighted by molar-refractivity contribution is 5.99. The zero-order valence-corrected chi connectivity index (χ0v) is 10.6. The lowest BCUT2D eigenvalue weighted by Gasteiger charge is -2.03. The first-order chi connectivity index (χ1) is 9.29. The molecule has 2 aromatic rings. The molecule has 0 bridgehead atoms. The summed E-state index contributed by atoms with van der Waals surface area (Å²) < 4.78 is 11.2. The fourth-order valence-electron chi connectivity index (χ4n) is 2.35. The van der Waals surface area contributed by atoms with Crippen molar-refractivity contribution in [3.63, 3.8) is 0 Å². The van der Waals surface area contributed by atoms with Crippen molar-refractivity contribution in [1.82, 2.24) is 5.32 Å². The molecule has 1 N–H and O–H groups in total.